The standard InChI is InChI=1S/C16H23N3O4S/c1-2-3-14-17-13(10-24-14)16(22)19-5-11-4-18(7-15(20)21)6-12(19)9-23-8-11/h10-12H,2-9H2,1H3,(H,20,21)/t11-,12-/m0/s1. The van der Waals surface area contributed by atoms with Crippen molar-refractivity contribution in [2.24, 2.45) is 5.92 Å². The minimum Gasteiger partial charge on any atom is -0.480 e. The number of thiazole rings is 1. The molecule has 132 valence electrons. The third-order valence-electron chi connectivity index (χ3n) is 4.40. The predicted molar refractivity (Wildman–Crippen MR) is 89.3 cm³/mol. The van der Waals surface area contributed by atoms with E-state index in [1.165, 1.54) is 11.3 Å². The second-order valence-electron chi connectivity index (χ2n) is 6.48. The van der Waals surface area contributed by atoms with Crippen LogP contribution in [0.2, 0.25) is 0 Å². The fraction of sp³-hybridized carbons (Fsp3) is 0.688. The van der Waals surface area contributed by atoms with Crippen LogP contribution in [0.4, 0.5) is 0 Å². The van der Waals surface area contributed by atoms with Gasteiger partial charge in [0.2, 0.25) is 0 Å². The van der Waals surface area contributed by atoms with Gasteiger partial charge in [-0.05, 0) is 12.8 Å². The fourth-order valence-electron chi connectivity index (χ4n) is 3.39. The molecule has 2 saturated heterocycles. The lowest BCUT2D eigenvalue weighted by molar-refractivity contribution is -0.138. The summed E-state index contributed by atoms with van der Waals surface area (Å²) in [5, 5.41) is 11.9. The molecule has 8 heteroatoms. The largest absolute Gasteiger partial charge is 0.480 e. The number of amides is 1. The summed E-state index contributed by atoms with van der Waals surface area (Å²) in [5.41, 5.74) is 0.501. The highest BCUT2D eigenvalue weighted by Crippen LogP contribution is 2.22. The molecule has 0 radical (unpaired) electrons. The van der Waals surface area contributed by atoms with Crippen LogP contribution in [0, 0.1) is 5.92 Å². The number of aromatic nitrogens is 1. The third-order valence-corrected chi connectivity index (χ3v) is 5.31. The molecule has 1 amide bonds. The fourth-order valence-corrected chi connectivity index (χ4v) is 4.27. The van der Waals surface area contributed by atoms with E-state index in [0.717, 1.165) is 17.8 Å². The SMILES string of the molecule is CCCc1nc(C(=O)N2C[C@H]3COC[C@@H]2CN(CC(=O)O)C3)cs1. The van der Waals surface area contributed by atoms with Crippen molar-refractivity contribution in [3.63, 3.8) is 0 Å². The van der Waals surface area contributed by atoms with E-state index >= 15 is 0 Å². The molecule has 0 aromatic carbocycles. The van der Waals surface area contributed by atoms with Crippen molar-refractivity contribution < 1.29 is 19.4 Å². The van der Waals surface area contributed by atoms with E-state index in [-0.39, 0.29) is 24.4 Å². The van der Waals surface area contributed by atoms with Gasteiger partial charge in [-0.3, -0.25) is 14.5 Å². The zero-order valence-electron chi connectivity index (χ0n) is 13.8. The number of hydrogen-bond donors (Lipinski definition) is 1. The molecule has 0 unspecified atom stereocenters. The first kappa shape index (κ1) is 17.3. The lowest BCUT2D eigenvalue weighted by Gasteiger charge is -2.30. The van der Waals surface area contributed by atoms with Crippen LogP contribution in [0.3, 0.4) is 0 Å². The van der Waals surface area contributed by atoms with Gasteiger partial charge in [0, 0.05) is 30.9 Å². The van der Waals surface area contributed by atoms with Crippen LogP contribution >= 0.6 is 11.3 Å². The highest BCUT2D eigenvalue weighted by molar-refractivity contribution is 7.09. The van der Waals surface area contributed by atoms with Gasteiger partial charge in [-0.15, -0.1) is 11.3 Å². The number of ether oxygens (including phenoxy) is 1. The lowest BCUT2D eigenvalue weighted by atomic mass is 10.1. The smallest absolute Gasteiger partial charge is 0.317 e. The number of carbonyl (C=O) groups excluding carboxylic acids is 1. The molecule has 2 atom stereocenters. The third kappa shape index (κ3) is 3.93. The molecule has 1 aromatic rings. The first-order valence-electron chi connectivity index (χ1n) is 8.34. The second kappa shape index (κ2) is 7.58. The Kier molecular flexibility index (Phi) is 5.47. The Morgan fingerprint density at radius 1 is 1.38 bits per heavy atom. The number of aliphatic carboxylic acids is 1. The molecule has 0 spiro atoms. The molecule has 7 nitrogen and oxygen atoms in total. The maximum absolute atomic E-state index is 12.9. The average molecular weight is 353 g/mol. The Morgan fingerprint density at radius 2 is 2.21 bits per heavy atom. The Labute approximate surface area is 145 Å². The van der Waals surface area contributed by atoms with Crippen LogP contribution in [0.15, 0.2) is 5.38 Å². The van der Waals surface area contributed by atoms with Crippen LogP contribution in [0.25, 0.3) is 0 Å². The Balaban J connectivity index is 1.76. The van der Waals surface area contributed by atoms with Gasteiger partial charge in [0.25, 0.3) is 5.91 Å². The molecule has 0 saturated carbocycles. The highest BCUT2D eigenvalue weighted by Gasteiger charge is 2.37. The Bertz CT molecular complexity index is 606. The minimum atomic E-state index is -0.836. The van der Waals surface area contributed by atoms with Gasteiger partial charge < -0.3 is 14.7 Å². The van der Waals surface area contributed by atoms with Gasteiger partial charge >= 0.3 is 5.97 Å². The number of rotatable bonds is 5. The van der Waals surface area contributed by atoms with Crippen molar-refractivity contribution in [2.45, 2.75) is 25.8 Å². The zero-order chi connectivity index (χ0) is 17.1. The number of nitrogens with zero attached hydrogens (tertiary/aromatic N) is 3. The quantitative estimate of drug-likeness (QED) is 0.849. The molecule has 3 heterocycles. The molecule has 1 aromatic heterocycles. The van der Waals surface area contributed by atoms with E-state index < -0.39 is 5.97 Å². The summed E-state index contributed by atoms with van der Waals surface area (Å²) in [6.45, 7) is 4.88. The van der Waals surface area contributed by atoms with Gasteiger partial charge in [0.05, 0.1) is 30.8 Å². The number of fused-ring (bicyclic) bond motifs is 3. The second-order valence-corrected chi connectivity index (χ2v) is 7.42. The lowest BCUT2D eigenvalue weighted by Crippen LogP contribution is -2.47. The zero-order valence-corrected chi connectivity index (χ0v) is 14.6. The first-order valence-corrected chi connectivity index (χ1v) is 9.22. The van der Waals surface area contributed by atoms with E-state index in [4.69, 9.17) is 9.84 Å². The van der Waals surface area contributed by atoms with Crippen LogP contribution < -0.4 is 0 Å². The summed E-state index contributed by atoms with van der Waals surface area (Å²) in [5.74, 6) is -0.765. The van der Waals surface area contributed by atoms with E-state index in [9.17, 15) is 9.59 Å². The summed E-state index contributed by atoms with van der Waals surface area (Å²) in [6, 6.07) is -0.124. The maximum Gasteiger partial charge on any atom is 0.317 e. The van der Waals surface area contributed by atoms with Gasteiger partial charge in [0.1, 0.15) is 5.69 Å². The van der Waals surface area contributed by atoms with E-state index in [0.29, 0.717) is 38.5 Å². The van der Waals surface area contributed by atoms with E-state index in [2.05, 4.69) is 11.9 Å². The van der Waals surface area contributed by atoms with E-state index in [1.807, 2.05) is 15.2 Å². The predicted octanol–water partition coefficient (Wildman–Crippen LogP) is 0.953. The van der Waals surface area contributed by atoms with Gasteiger partial charge in [0.15, 0.2) is 0 Å². The van der Waals surface area contributed by atoms with Crippen LogP contribution in [-0.4, -0.2) is 77.2 Å². The summed E-state index contributed by atoms with van der Waals surface area (Å²) < 4.78 is 5.69. The van der Waals surface area contributed by atoms with Crippen molar-refractivity contribution in [1.82, 2.24) is 14.8 Å². The number of hydrogen-bond acceptors (Lipinski definition) is 6. The number of aryl methyl sites for hydroxylation is 1. The average Bonchev–Trinajstić information content (AvgIpc) is 2.79. The highest BCUT2D eigenvalue weighted by atomic mass is 32.1. The topological polar surface area (TPSA) is 83.0 Å². The molecule has 24 heavy (non-hydrogen) atoms. The minimum absolute atomic E-state index is 0.00633. The molecule has 0 aliphatic carbocycles. The van der Waals surface area contributed by atoms with Crippen molar-refractivity contribution >= 4 is 23.2 Å². The van der Waals surface area contributed by atoms with Crippen molar-refractivity contribution in [1.29, 1.82) is 0 Å². The summed E-state index contributed by atoms with van der Waals surface area (Å²) in [4.78, 5) is 32.2. The monoisotopic (exact) mass is 353 g/mol. The van der Waals surface area contributed by atoms with Crippen molar-refractivity contribution in [2.75, 3.05) is 39.4 Å². The van der Waals surface area contributed by atoms with Gasteiger partial charge in [-0.2, -0.15) is 0 Å². The first-order chi connectivity index (χ1) is 11.6. The van der Waals surface area contributed by atoms with Crippen LogP contribution in [-0.2, 0) is 16.0 Å². The molecule has 2 aliphatic heterocycles. The van der Waals surface area contributed by atoms with Crippen molar-refractivity contribution in [3.05, 3.63) is 16.1 Å². The molecular formula is C16H23N3O4S. The molecular weight excluding hydrogens is 330 g/mol. The number of carboxylic acid groups (broad SMARTS) is 1. The number of carbonyl (C=O) groups is 2. The van der Waals surface area contributed by atoms with Gasteiger partial charge in [-0.1, -0.05) is 6.92 Å². The normalized spacial score (nSPS) is 24.6. The van der Waals surface area contributed by atoms with Crippen LogP contribution in [0.5, 0.6) is 0 Å². The molecule has 2 aliphatic rings. The summed E-state index contributed by atoms with van der Waals surface area (Å²) >= 11 is 1.53. The summed E-state index contributed by atoms with van der Waals surface area (Å²) in [7, 11) is 0. The Morgan fingerprint density at radius 3 is 2.96 bits per heavy atom. The maximum atomic E-state index is 12.9. The molecule has 3 rings (SSSR count). The van der Waals surface area contributed by atoms with E-state index in [1.54, 1.807) is 0 Å². The molecule has 1 N–H and O–H groups in total. The van der Waals surface area contributed by atoms with Gasteiger partial charge in [-0.25, -0.2) is 4.98 Å². The number of carboxylic acids is 1. The Hall–Kier alpha value is -1.51. The van der Waals surface area contributed by atoms with Crippen LogP contribution in [0.1, 0.15) is 28.8 Å². The van der Waals surface area contributed by atoms with Crippen molar-refractivity contribution in [3.8, 4) is 0 Å². The summed E-state index contributed by atoms with van der Waals surface area (Å²) in [6.07, 6.45) is 1.90. The molecule has 2 bridgehead atoms. The molecule has 2 fully saturated rings.